The summed E-state index contributed by atoms with van der Waals surface area (Å²) in [5.41, 5.74) is 0. The van der Waals surface area contributed by atoms with Gasteiger partial charge < -0.3 is 10.2 Å². The molecule has 0 aromatic carbocycles. The Morgan fingerprint density at radius 1 is 1.60 bits per heavy atom. The molecule has 86 valence electrons. The quantitative estimate of drug-likeness (QED) is 0.466. The summed E-state index contributed by atoms with van der Waals surface area (Å²) in [5.74, 6) is -0.300. The van der Waals surface area contributed by atoms with Crippen LogP contribution in [0, 0.1) is 0 Å². The molecule has 7 heteroatoms. The molecule has 2 N–H and O–H groups in total. The Hall–Kier alpha value is -1.18. The summed E-state index contributed by atoms with van der Waals surface area (Å²) >= 11 is 0. The van der Waals surface area contributed by atoms with E-state index in [0.717, 1.165) is 4.90 Å². The highest BCUT2D eigenvalue weighted by Gasteiger charge is 2.28. The first-order valence-corrected chi connectivity index (χ1v) is 4.58. The molecule has 1 heterocycles. The lowest BCUT2D eigenvalue weighted by Gasteiger charge is -2.12. The van der Waals surface area contributed by atoms with Gasteiger partial charge in [-0.2, -0.15) is 4.89 Å². The van der Waals surface area contributed by atoms with Crippen LogP contribution in [0.15, 0.2) is 0 Å². The fourth-order valence-corrected chi connectivity index (χ4v) is 1.10. The number of likely N-dealkylation sites (tertiary alicyclic amines) is 1. The highest BCUT2D eigenvalue weighted by Crippen LogP contribution is 2.10. The minimum absolute atomic E-state index is 0.300. The summed E-state index contributed by atoms with van der Waals surface area (Å²) in [5, 5.41) is 17.3. The van der Waals surface area contributed by atoms with Gasteiger partial charge in [-0.1, -0.05) is 0 Å². The topological polar surface area (TPSA) is 96.3 Å². The molecule has 0 saturated carbocycles. The summed E-state index contributed by atoms with van der Waals surface area (Å²) in [7, 11) is 0. The van der Waals surface area contributed by atoms with Crippen molar-refractivity contribution in [2.45, 2.75) is 18.9 Å². The van der Waals surface area contributed by atoms with Crippen LogP contribution in [0.2, 0.25) is 0 Å². The van der Waals surface area contributed by atoms with Crippen LogP contribution >= 0.6 is 0 Å². The predicted octanol–water partition coefficient (Wildman–Crippen LogP) is -0.970. The van der Waals surface area contributed by atoms with E-state index in [-0.39, 0.29) is 12.5 Å². The Bertz CT molecular complexity index is 243. The van der Waals surface area contributed by atoms with Crippen LogP contribution in [0.25, 0.3) is 0 Å². The third kappa shape index (κ3) is 3.46. The van der Waals surface area contributed by atoms with E-state index in [4.69, 9.17) is 10.2 Å². The molecule has 1 atom stereocenters. The summed E-state index contributed by atoms with van der Waals surface area (Å²) in [4.78, 5) is 31.7. The molecule has 2 amide bonds. The van der Waals surface area contributed by atoms with Crippen LogP contribution in [-0.2, 0) is 14.6 Å². The molecule has 0 aliphatic carbocycles. The number of aliphatic hydroxyl groups excluding tert-OH is 2. The van der Waals surface area contributed by atoms with Gasteiger partial charge in [-0.25, -0.2) is 9.69 Å². The van der Waals surface area contributed by atoms with Gasteiger partial charge in [0, 0.05) is 13.0 Å². The van der Waals surface area contributed by atoms with Gasteiger partial charge in [0.05, 0.1) is 6.61 Å². The monoisotopic (exact) mass is 219 g/mol. The van der Waals surface area contributed by atoms with Crippen molar-refractivity contribution in [2.75, 3.05) is 19.8 Å². The molecule has 1 aliphatic heterocycles. The van der Waals surface area contributed by atoms with Crippen LogP contribution in [0.5, 0.6) is 0 Å². The molecule has 0 spiro atoms. The Balaban J connectivity index is 2.21. The van der Waals surface area contributed by atoms with Gasteiger partial charge in [0.2, 0.25) is 5.91 Å². The van der Waals surface area contributed by atoms with E-state index in [1.54, 1.807) is 0 Å². The van der Waals surface area contributed by atoms with Gasteiger partial charge in [0.1, 0.15) is 12.7 Å². The third-order valence-corrected chi connectivity index (χ3v) is 1.90. The van der Waals surface area contributed by atoms with E-state index < -0.39 is 18.8 Å². The second-order valence-corrected chi connectivity index (χ2v) is 3.12. The van der Waals surface area contributed by atoms with E-state index in [9.17, 15) is 9.59 Å². The highest BCUT2D eigenvalue weighted by molar-refractivity contribution is 5.93. The average Bonchev–Trinajstić information content (AvgIpc) is 2.64. The van der Waals surface area contributed by atoms with Crippen molar-refractivity contribution in [1.82, 2.24) is 4.90 Å². The zero-order chi connectivity index (χ0) is 11.3. The lowest BCUT2D eigenvalue weighted by atomic mass is 10.4. The van der Waals surface area contributed by atoms with Gasteiger partial charge in [-0.3, -0.25) is 9.68 Å². The maximum Gasteiger partial charge on any atom is 0.447 e. The van der Waals surface area contributed by atoms with E-state index in [1.807, 2.05) is 0 Å². The Morgan fingerprint density at radius 2 is 2.33 bits per heavy atom. The predicted molar refractivity (Wildman–Crippen MR) is 46.5 cm³/mol. The van der Waals surface area contributed by atoms with Crippen molar-refractivity contribution in [2.24, 2.45) is 0 Å². The largest absolute Gasteiger partial charge is 0.447 e. The smallest absolute Gasteiger partial charge is 0.394 e. The first-order chi connectivity index (χ1) is 7.15. The van der Waals surface area contributed by atoms with E-state index in [0.29, 0.717) is 19.4 Å². The number of hydrogen-bond donors (Lipinski definition) is 2. The van der Waals surface area contributed by atoms with Crippen molar-refractivity contribution in [3.05, 3.63) is 0 Å². The summed E-state index contributed by atoms with van der Waals surface area (Å²) in [6, 6.07) is 0. The lowest BCUT2D eigenvalue weighted by Crippen LogP contribution is -2.33. The van der Waals surface area contributed by atoms with Gasteiger partial charge in [-0.05, 0) is 6.42 Å². The maximum atomic E-state index is 11.1. The molecular formula is C8H13NO6. The van der Waals surface area contributed by atoms with E-state index in [1.165, 1.54) is 0 Å². The number of rotatable bonds is 4. The number of carbonyl (C=O) groups is 2. The number of carbonyl (C=O) groups excluding carboxylic acids is 2. The standard InChI is InChI=1S/C8H13NO6/c10-4-6(11)5-14-15-8(13)9-3-1-2-7(9)12/h6,10-11H,1-5H2. The molecule has 15 heavy (non-hydrogen) atoms. The maximum absolute atomic E-state index is 11.1. The molecule has 0 aromatic rings. The molecule has 0 bridgehead atoms. The second kappa shape index (κ2) is 5.64. The number of aliphatic hydroxyl groups is 2. The van der Waals surface area contributed by atoms with Crippen molar-refractivity contribution in [3.63, 3.8) is 0 Å². The van der Waals surface area contributed by atoms with E-state index >= 15 is 0 Å². The molecule has 1 aliphatic rings. The Labute approximate surface area is 86.1 Å². The minimum Gasteiger partial charge on any atom is -0.394 e. The first kappa shape index (κ1) is 11.9. The van der Waals surface area contributed by atoms with Gasteiger partial charge in [0.25, 0.3) is 0 Å². The zero-order valence-electron chi connectivity index (χ0n) is 8.09. The van der Waals surface area contributed by atoms with Gasteiger partial charge >= 0.3 is 6.09 Å². The highest BCUT2D eigenvalue weighted by atomic mass is 17.2. The number of amides is 2. The fraction of sp³-hybridized carbons (Fsp3) is 0.750. The normalized spacial score (nSPS) is 18.0. The van der Waals surface area contributed by atoms with Crippen LogP contribution < -0.4 is 0 Å². The molecule has 1 rings (SSSR count). The summed E-state index contributed by atoms with van der Waals surface area (Å²) < 4.78 is 0. The minimum atomic E-state index is -1.10. The molecule has 1 saturated heterocycles. The average molecular weight is 219 g/mol. The molecule has 7 nitrogen and oxygen atoms in total. The number of imide groups is 1. The lowest BCUT2D eigenvalue weighted by molar-refractivity contribution is -0.259. The van der Waals surface area contributed by atoms with Crippen LogP contribution in [0.4, 0.5) is 4.79 Å². The van der Waals surface area contributed by atoms with Crippen LogP contribution in [0.1, 0.15) is 12.8 Å². The van der Waals surface area contributed by atoms with Crippen molar-refractivity contribution in [1.29, 1.82) is 0 Å². The molecule has 1 unspecified atom stereocenters. The summed E-state index contributed by atoms with van der Waals surface area (Å²) in [6.45, 7) is -0.492. The molecular weight excluding hydrogens is 206 g/mol. The number of hydrogen-bond acceptors (Lipinski definition) is 6. The Kier molecular flexibility index (Phi) is 4.47. The molecule has 0 radical (unpaired) electrons. The number of nitrogens with zero attached hydrogens (tertiary/aromatic N) is 1. The van der Waals surface area contributed by atoms with Crippen molar-refractivity contribution in [3.8, 4) is 0 Å². The van der Waals surface area contributed by atoms with Gasteiger partial charge in [0.15, 0.2) is 0 Å². The van der Waals surface area contributed by atoms with Crippen molar-refractivity contribution >= 4 is 12.0 Å². The fourth-order valence-electron chi connectivity index (χ4n) is 1.10. The van der Waals surface area contributed by atoms with E-state index in [2.05, 4.69) is 9.78 Å². The molecule has 1 fully saturated rings. The summed E-state index contributed by atoms with van der Waals surface area (Å²) in [6.07, 6.45) is -1.05. The van der Waals surface area contributed by atoms with Crippen LogP contribution in [-0.4, -0.2) is 53.0 Å². The first-order valence-electron chi connectivity index (χ1n) is 4.58. The van der Waals surface area contributed by atoms with Gasteiger partial charge in [-0.15, -0.1) is 0 Å². The second-order valence-electron chi connectivity index (χ2n) is 3.12. The van der Waals surface area contributed by atoms with Crippen LogP contribution in [0.3, 0.4) is 0 Å². The molecule has 0 aromatic heterocycles. The zero-order valence-corrected chi connectivity index (χ0v) is 8.09. The third-order valence-electron chi connectivity index (χ3n) is 1.90. The van der Waals surface area contributed by atoms with Crippen molar-refractivity contribution < 1.29 is 29.6 Å². The Morgan fingerprint density at radius 3 is 2.87 bits per heavy atom. The SMILES string of the molecule is O=C1CCCN1C(=O)OOCC(O)CO.